The number of aromatic nitrogens is 2. The molecule has 0 fully saturated rings. The largest absolute Gasteiger partial charge is 0.326 e. The van der Waals surface area contributed by atoms with Crippen molar-refractivity contribution < 1.29 is 0 Å². The minimum atomic E-state index is -0.181. The predicted molar refractivity (Wildman–Crippen MR) is 62.1 cm³/mol. The molecule has 3 nitrogen and oxygen atoms in total. The lowest BCUT2D eigenvalue weighted by Gasteiger charge is -2.00. The lowest BCUT2D eigenvalue weighted by atomic mass is 10.2. The Morgan fingerprint density at radius 1 is 1.27 bits per heavy atom. The summed E-state index contributed by atoms with van der Waals surface area (Å²) in [7, 11) is 0. The fraction of sp³-hybridized carbons (Fsp3) is 0.0909. The van der Waals surface area contributed by atoms with Gasteiger partial charge in [0, 0.05) is 16.7 Å². The van der Waals surface area contributed by atoms with Crippen LogP contribution in [0.2, 0.25) is 0 Å². The molecule has 0 radical (unpaired) electrons. The Balaban J connectivity index is 2.37. The fourth-order valence-corrected chi connectivity index (χ4v) is 1.67. The summed E-state index contributed by atoms with van der Waals surface area (Å²) >= 11 is 1.70. The molecule has 1 N–H and O–H groups in total. The zero-order chi connectivity index (χ0) is 10.7. The number of nitrogens with zero attached hydrogens (tertiary/aromatic N) is 1. The first-order valence-corrected chi connectivity index (χ1v) is 5.71. The van der Waals surface area contributed by atoms with Gasteiger partial charge < -0.3 is 4.98 Å². The van der Waals surface area contributed by atoms with E-state index in [0.29, 0.717) is 0 Å². The summed E-state index contributed by atoms with van der Waals surface area (Å²) in [6, 6.07) is 8.05. The van der Waals surface area contributed by atoms with E-state index >= 15 is 0 Å². The van der Waals surface area contributed by atoms with Gasteiger partial charge in [0.25, 0.3) is 5.56 Å². The lowest BCUT2D eigenvalue weighted by molar-refractivity contribution is 1.14. The molecule has 0 spiro atoms. The Bertz CT molecular complexity index is 484. The summed E-state index contributed by atoms with van der Waals surface area (Å²) in [5, 5.41) is 0. The molecule has 0 amide bonds. The molecule has 15 heavy (non-hydrogen) atoms. The first-order chi connectivity index (χ1) is 7.29. The van der Waals surface area contributed by atoms with Gasteiger partial charge in [-0.2, -0.15) is 0 Å². The highest BCUT2D eigenvalue weighted by Crippen LogP contribution is 2.20. The van der Waals surface area contributed by atoms with E-state index in [1.165, 1.54) is 11.1 Å². The molecule has 0 aliphatic rings. The van der Waals surface area contributed by atoms with E-state index in [1.807, 2.05) is 30.5 Å². The molecule has 0 atom stereocenters. The Labute approximate surface area is 91.6 Å². The number of aromatic amines is 1. The molecule has 4 heteroatoms. The third-order valence-corrected chi connectivity index (χ3v) is 2.80. The highest BCUT2D eigenvalue weighted by molar-refractivity contribution is 7.98. The Morgan fingerprint density at radius 3 is 2.53 bits per heavy atom. The van der Waals surface area contributed by atoms with Crippen LogP contribution in [0.4, 0.5) is 0 Å². The molecule has 0 unspecified atom stereocenters. The number of nitrogens with one attached hydrogen (secondary N) is 1. The van der Waals surface area contributed by atoms with E-state index in [0.717, 1.165) is 11.3 Å². The molecule has 2 aromatic rings. The van der Waals surface area contributed by atoms with E-state index in [-0.39, 0.29) is 5.56 Å². The van der Waals surface area contributed by atoms with Crippen LogP contribution in [0.25, 0.3) is 11.3 Å². The smallest absolute Gasteiger partial charge is 0.266 e. The van der Waals surface area contributed by atoms with Crippen molar-refractivity contribution >= 4 is 11.8 Å². The number of thioether (sulfide) groups is 1. The normalized spacial score (nSPS) is 10.2. The third kappa shape index (κ3) is 2.27. The van der Waals surface area contributed by atoms with Crippen LogP contribution in [-0.4, -0.2) is 16.2 Å². The maximum absolute atomic E-state index is 10.8. The van der Waals surface area contributed by atoms with Crippen molar-refractivity contribution in [3.05, 3.63) is 47.0 Å². The van der Waals surface area contributed by atoms with Gasteiger partial charge in [-0.1, -0.05) is 12.1 Å². The van der Waals surface area contributed by atoms with Gasteiger partial charge in [-0.25, -0.2) is 4.98 Å². The SMILES string of the molecule is CSc1ccc(-c2c[nH]c(=O)cn2)cc1. The van der Waals surface area contributed by atoms with Gasteiger partial charge >= 0.3 is 0 Å². The van der Waals surface area contributed by atoms with E-state index < -0.39 is 0 Å². The van der Waals surface area contributed by atoms with Gasteiger partial charge in [-0.05, 0) is 18.4 Å². The van der Waals surface area contributed by atoms with E-state index in [2.05, 4.69) is 9.97 Å². The summed E-state index contributed by atoms with van der Waals surface area (Å²) in [6.07, 6.45) is 4.95. The molecule has 1 aromatic heterocycles. The molecule has 0 saturated heterocycles. The maximum Gasteiger partial charge on any atom is 0.266 e. The summed E-state index contributed by atoms with van der Waals surface area (Å²) in [5.41, 5.74) is 1.60. The lowest BCUT2D eigenvalue weighted by Crippen LogP contribution is -2.04. The second-order valence-corrected chi connectivity index (χ2v) is 3.90. The second-order valence-electron chi connectivity index (χ2n) is 3.02. The molecule has 2 rings (SSSR count). The predicted octanol–water partition coefficient (Wildman–Crippen LogP) is 2.16. The summed E-state index contributed by atoms with van der Waals surface area (Å²) < 4.78 is 0. The number of benzene rings is 1. The van der Waals surface area contributed by atoms with E-state index in [4.69, 9.17) is 0 Å². The van der Waals surface area contributed by atoms with Crippen LogP contribution in [0, 0.1) is 0 Å². The molecular formula is C11H10N2OS. The topological polar surface area (TPSA) is 45.8 Å². The van der Waals surface area contributed by atoms with Crippen molar-refractivity contribution in [2.45, 2.75) is 4.90 Å². The van der Waals surface area contributed by atoms with Gasteiger partial charge in [-0.3, -0.25) is 4.79 Å². The zero-order valence-electron chi connectivity index (χ0n) is 8.23. The van der Waals surface area contributed by atoms with Crippen molar-refractivity contribution in [1.29, 1.82) is 0 Å². The first kappa shape index (κ1) is 9.98. The van der Waals surface area contributed by atoms with Gasteiger partial charge in [-0.15, -0.1) is 11.8 Å². The van der Waals surface area contributed by atoms with E-state index in [1.54, 1.807) is 18.0 Å². The number of hydrogen-bond donors (Lipinski definition) is 1. The number of rotatable bonds is 2. The standard InChI is InChI=1S/C11H10N2OS/c1-15-9-4-2-8(3-5-9)10-6-13-11(14)7-12-10/h2-7H,1H3,(H,13,14). The molecule has 0 aliphatic carbocycles. The van der Waals surface area contributed by atoms with Crippen LogP contribution in [-0.2, 0) is 0 Å². The van der Waals surface area contributed by atoms with Crippen molar-refractivity contribution in [2.75, 3.05) is 6.26 Å². The van der Waals surface area contributed by atoms with Crippen LogP contribution in [0.15, 0.2) is 46.3 Å². The van der Waals surface area contributed by atoms with Gasteiger partial charge in [0.1, 0.15) is 0 Å². The molecular weight excluding hydrogens is 208 g/mol. The molecule has 76 valence electrons. The molecule has 1 heterocycles. The Hall–Kier alpha value is -1.55. The molecule has 0 aliphatic heterocycles. The number of H-pyrrole nitrogens is 1. The highest BCUT2D eigenvalue weighted by atomic mass is 32.2. The van der Waals surface area contributed by atoms with Gasteiger partial charge in [0.2, 0.25) is 0 Å². The van der Waals surface area contributed by atoms with Crippen molar-refractivity contribution in [3.8, 4) is 11.3 Å². The van der Waals surface area contributed by atoms with Crippen molar-refractivity contribution in [3.63, 3.8) is 0 Å². The first-order valence-electron chi connectivity index (χ1n) is 4.49. The maximum atomic E-state index is 10.8. The van der Waals surface area contributed by atoms with Crippen LogP contribution < -0.4 is 5.56 Å². The average Bonchev–Trinajstić information content (AvgIpc) is 2.30. The average molecular weight is 218 g/mol. The van der Waals surface area contributed by atoms with Gasteiger partial charge in [0.15, 0.2) is 0 Å². The minimum absolute atomic E-state index is 0.181. The monoisotopic (exact) mass is 218 g/mol. The summed E-state index contributed by atoms with van der Waals surface area (Å²) in [6.45, 7) is 0. The zero-order valence-corrected chi connectivity index (χ0v) is 9.04. The summed E-state index contributed by atoms with van der Waals surface area (Å²) in [4.78, 5) is 18.7. The molecule has 1 aromatic carbocycles. The highest BCUT2D eigenvalue weighted by Gasteiger charge is 1.98. The quantitative estimate of drug-likeness (QED) is 0.786. The van der Waals surface area contributed by atoms with E-state index in [9.17, 15) is 4.79 Å². The third-order valence-electron chi connectivity index (χ3n) is 2.06. The van der Waals surface area contributed by atoms with Crippen LogP contribution in [0.3, 0.4) is 0 Å². The fourth-order valence-electron chi connectivity index (χ4n) is 1.26. The van der Waals surface area contributed by atoms with Crippen molar-refractivity contribution in [2.24, 2.45) is 0 Å². The Morgan fingerprint density at radius 2 is 2.00 bits per heavy atom. The second kappa shape index (κ2) is 4.31. The summed E-state index contributed by atoms with van der Waals surface area (Å²) in [5.74, 6) is 0. The molecule has 0 bridgehead atoms. The van der Waals surface area contributed by atoms with Crippen LogP contribution in [0.1, 0.15) is 0 Å². The van der Waals surface area contributed by atoms with Crippen molar-refractivity contribution in [1.82, 2.24) is 9.97 Å². The van der Waals surface area contributed by atoms with Gasteiger partial charge in [0.05, 0.1) is 11.9 Å². The minimum Gasteiger partial charge on any atom is -0.326 e. The van der Waals surface area contributed by atoms with Crippen LogP contribution >= 0.6 is 11.8 Å². The molecule has 0 saturated carbocycles. The number of hydrogen-bond acceptors (Lipinski definition) is 3. The van der Waals surface area contributed by atoms with Crippen LogP contribution in [0.5, 0.6) is 0 Å². The Kier molecular flexibility index (Phi) is 2.87.